The van der Waals surface area contributed by atoms with E-state index >= 15 is 0 Å². The number of para-hydroxylation sites is 2. The van der Waals surface area contributed by atoms with Crippen molar-refractivity contribution in [3.63, 3.8) is 0 Å². The number of anilines is 2. The predicted molar refractivity (Wildman–Crippen MR) is 245 cm³/mol. The topological polar surface area (TPSA) is 59.7 Å². The molecule has 0 saturated heterocycles. The van der Waals surface area contributed by atoms with Crippen LogP contribution in [0.5, 0.6) is 0 Å². The average molecular weight is 969 g/mol. The Kier molecular flexibility index (Phi) is 12.2. The molecule has 3 aromatic heterocycles. The molecule has 0 saturated carbocycles. The fourth-order valence-corrected chi connectivity index (χ4v) is 7.90. The zero-order valence-corrected chi connectivity index (χ0v) is 36.9. The maximum absolute atomic E-state index is 5.31. The van der Waals surface area contributed by atoms with Crippen LogP contribution in [0.3, 0.4) is 0 Å². The van der Waals surface area contributed by atoms with Crippen LogP contribution in [0.1, 0.15) is 62.0 Å². The summed E-state index contributed by atoms with van der Waals surface area (Å²) in [5, 5.41) is 0. The molecule has 0 fully saturated rings. The Hall–Kier alpha value is -6.79. The van der Waals surface area contributed by atoms with E-state index in [0.717, 1.165) is 62.2 Å². The summed E-state index contributed by atoms with van der Waals surface area (Å²) in [6.45, 7) is 9.06. The van der Waals surface area contributed by atoms with E-state index in [1.54, 1.807) is 18.6 Å². The third kappa shape index (κ3) is 8.23. The molecular weight excluding hydrogens is 925 g/mol. The smallest absolute Gasteiger partial charge is 0.188 e. The van der Waals surface area contributed by atoms with Crippen LogP contribution in [0.2, 0.25) is 0 Å². The second-order valence-corrected chi connectivity index (χ2v) is 15.4. The number of pyridine rings is 1. The predicted octanol–water partition coefficient (Wildman–Crippen LogP) is 13.3. The quantitative estimate of drug-likeness (QED) is 0.149. The molecule has 1 aliphatic rings. The first kappa shape index (κ1) is 41.0. The largest absolute Gasteiger partial charge is 0.325 e. The molecule has 6 nitrogen and oxygen atoms in total. The van der Waals surface area contributed by atoms with Crippen molar-refractivity contribution in [3.8, 4) is 39.2 Å². The maximum Gasteiger partial charge on any atom is 0.188 e. The van der Waals surface area contributed by atoms with Gasteiger partial charge in [-0.3, -0.25) is 4.98 Å². The fraction of sp³-hybridized carbons (Fsp3) is 0.111. The Balaban J connectivity index is 0.000000340. The summed E-state index contributed by atoms with van der Waals surface area (Å²) in [5.41, 5.74) is 15.5. The van der Waals surface area contributed by atoms with Gasteiger partial charge in [-0.05, 0) is 81.7 Å². The van der Waals surface area contributed by atoms with Gasteiger partial charge in [0.1, 0.15) is 0 Å². The number of fused-ring (bicyclic) bond motifs is 4. The molecular formula is C54H44IrN6-2. The number of nitrogens with zero attached hydrogens (tertiary/aromatic N) is 6. The van der Waals surface area contributed by atoms with E-state index in [9.17, 15) is 0 Å². The van der Waals surface area contributed by atoms with Gasteiger partial charge in [-0.25, -0.2) is 9.97 Å². The van der Waals surface area contributed by atoms with Crippen molar-refractivity contribution in [3.05, 3.63) is 217 Å². The maximum atomic E-state index is 5.31. The zero-order chi connectivity index (χ0) is 41.0. The first-order valence-electron chi connectivity index (χ1n) is 20.5. The van der Waals surface area contributed by atoms with Crippen molar-refractivity contribution in [1.82, 2.24) is 24.5 Å². The molecule has 0 atom stereocenters. The van der Waals surface area contributed by atoms with Crippen molar-refractivity contribution in [2.45, 2.75) is 39.5 Å². The van der Waals surface area contributed by atoms with Gasteiger partial charge >= 0.3 is 0 Å². The van der Waals surface area contributed by atoms with Crippen molar-refractivity contribution in [2.75, 3.05) is 4.90 Å². The van der Waals surface area contributed by atoms with Gasteiger partial charge in [0.2, 0.25) is 0 Å². The minimum absolute atomic E-state index is 0. The van der Waals surface area contributed by atoms with Crippen molar-refractivity contribution >= 4 is 28.4 Å². The fourth-order valence-electron chi connectivity index (χ4n) is 7.90. The van der Waals surface area contributed by atoms with E-state index < -0.39 is 0 Å². The first-order chi connectivity index (χ1) is 29.5. The Morgan fingerprint density at radius 1 is 0.557 bits per heavy atom. The molecule has 1 aliphatic heterocycles. The first-order valence-corrected chi connectivity index (χ1v) is 20.5. The monoisotopic (exact) mass is 969 g/mol. The van der Waals surface area contributed by atoms with Crippen LogP contribution in [0.25, 0.3) is 56.2 Å². The zero-order valence-electron chi connectivity index (χ0n) is 34.5. The van der Waals surface area contributed by atoms with E-state index in [2.05, 4.69) is 176 Å². The second-order valence-electron chi connectivity index (χ2n) is 15.4. The molecule has 0 unspecified atom stereocenters. The minimum Gasteiger partial charge on any atom is -0.325 e. The summed E-state index contributed by atoms with van der Waals surface area (Å²) in [6, 6.07) is 59.7. The van der Waals surface area contributed by atoms with E-state index in [1.807, 2.05) is 42.5 Å². The van der Waals surface area contributed by atoms with Gasteiger partial charge in [0.25, 0.3) is 0 Å². The van der Waals surface area contributed by atoms with Gasteiger partial charge in [-0.15, -0.1) is 59.7 Å². The summed E-state index contributed by atoms with van der Waals surface area (Å²) in [4.78, 5) is 21.5. The summed E-state index contributed by atoms with van der Waals surface area (Å²) in [5.74, 6) is 1.19. The molecule has 0 aliphatic carbocycles. The summed E-state index contributed by atoms with van der Waals surface area (Å²) >= 11 is 0. The number of benzene rings is 6. The molecule has 0 N–H and O–H groups in total. The summed E-state index contributed by atoms with van der Waals surface area (Å²) < 4.78 is 2.25. The third-order valence-electron chi connectivity index (χ3n) is 10.8. The molecule has 301 valence electrons. The molecule has 9 aromatic rings. The number of aromatic nitrogens is 5. The number of hydrogen-bond acceptors (Lipinski definition) is 5. The van der Waals surface area contributed by atoms with Crippen molar-refractivity contribution in [2.24, 2.45) is 0 Å². The van der Waals surface area contributed by atoms with Gasteiger partial charge in [-0.2, -0.15) is 0 Å². The van der Waals surface area contributed by atoms with Crippen LogP contribution in [0, 0.1) is 12.1 Å². The molecule has 0 amide bonds. The Morgan fingerprint density at radius 3 is 1.89 bits per heavy atom. The van der Waals surface area contributed by atoms with E-state index in [-0.39, 0.29) is 31.9 Å². The van der Waals surface area contributed by atoms with E-state index in [0.29, 0.717) is 5.65 Å². The molecule has 7 heteroatoms. The number of rotatable bonds is 7. The standard InChI is InChI=1S/C43H36N5.C11H8N.Ir/c1-28(2)36-25-32(30-15-7-5-8-16-30)26-37(29(3)4)40(36)48-42(46-41-43(48)45-24-23-44-41)39-27-31-17-11-12-20-34(31)35-21-13-14-22-38(35)47(39)33-18-9-6-10-19-33;1-2-6-10(7-3-1)11-8-4-5-9-12-11;/h5-26,28-29H,1-4H3;1-6,8-9H;/q2*-1;. The van der Waals surface area contributed by atoms with E-state index in [1.165, 1.54) is 22.3 Å². The Morgan fingerprint density at radius 2 is 1.20 bits per heavy atom. The molecule has 1 radical (unpaired) electrons. The summed E-state index contributed by atoms with van der Waals surface area (Å²) in [6.07, 6.45) is 9.15. The number of imidazole rings is 1. The normalized spacial score (nSPS) is 11.8. The van der Waals surface area contributed by atoms with Gasteiger partial charge < -0.3 is 14.5 Å². The molecule has 4 heterocycles. The average Bonchev–Trinajstić information content (AvgIpc) is 3.62. The Bertz CT molecular complexity index is 2860. The van der Waals surface area contributed by atoms with Crippen LogP contribution in [-0.4, -0.2) is 24.5 Å². The van der Waals surface area contributed by atoms with Crippen molar-refractivity contribution < 1.29 is 20.1 Å². The van der Waals surface area contributed by atoms with Crippen LogP contribution >= 0.6 is 0 Å². The molecule has 61 heavy (non-hydrogen) atoms. The van der Waals surface area contributed by atoms with Gasteiger partial charge in [0.15, 0.2) is 11.3 Å². The number of hydrogen-bond donors (Lipinski definition) is 0. The summed E-state index contributed by atoms with van der Waals surface area (Å²) in [7, 11) is 0. The van der Waals surface area contributed by atoms with Crippen LogP contribution in [0.4, 0.5) is 11.4 Å². The SMILES string of the molecule is CC(C)c1cc(-c2ccccc2)cc(C(C)C)c1-n1c(C2=[C-]c3ccccc3-c3ccccc3N2c2ccccc2)nc2nccnc21.[Ir].[c-]1ccccc1-c1ccccn1. The van der Waals surface area contributed by atoms with Gasteiger partial charge in [-0.1, -0.05) is 124 Å². The molecule has 10 rings (SSSR count). The second kappa shape index (κ2) is 18.2. The third-order valence-corrected chi connectivity index (χ3v) is 10.8. The van der Waals surface area contributed by atoms with Gasteiger partial charge in [0, 0.05) is 61.5 Å². The molecule has 6 aromatic carbocycles. The molecule has 0 bridgehead atoms. The van der Waals surface area contributed by atoms with Crippen LogP contribution in [0.15, 0.2) is 182 Å². The minimum atomic E-state index is 0. The van der Waals surface area contributed by atoms with Gasteiger partial charge in [0.05, 0.1) is 5.82 Å². The van der Waals surface area contributed by atoms with Crippen LogP contribution < -0.4 is 4.90 Å². The van der Waals surface area contributed by atoms with E-state index in [4.69, 9.17) is 15.0 Å². The van der Waals surface area contributed by atoms with Crippen molar-refractivity contribution in [1.29, 1.82) is 0 Å². The van der Waals surface area contributed by atoms with Crippen LogP contribution in [-0.2, 0) is 20.1 Å². The Labute approximate surface area is 371 Å². The molecule has 0 spiro atoms.